The number of thiazole rings is 1. The zero-order valence-corrected chi connectivity index (χ0v) is 12.3. The fourth-order valence-electron chi connectivity index (χ4n) is 1.51. The van der Waals surface area contributed by atoms with Crippen molar-refractivity contribution < 1.29 is 13.0 Å². The number of benzene rings is 1. The third kappa shape index (κ3) is 2.91. The maximum Gasteiger partial charge on any atom is 0.294 e. The number of rotatable bonds is 2. The molecule has 0 saturated heterocycles. The Morgan fingerprint density at radius 1 is 1.37 bits per heavy atom. The van der Waals surface area contributed by atoms with Gasteiger partial charge >= 0.3 is 0 Å². The van der Waals surface area contributed by atoms with E-state index >= 15 is 0 Å². The quantitative estimate of drug-likeness (QED) is 0.521. The van der Waals surface area contributed by atoms with Crippen molar-refractivity contribution in [3.05, 3.63) is 23.0 Å². The van der Waals surface area contributed by atoms with Crippen molar-refractivity contribution in [3.63, 3.8) is 0 Å². The molecule has 1 aromatic carbocycles. The van der Waals surface area contributed by atoms with Gasteiger partial charge in [-0.3, -0.25) is 4.55 Å². The summed E-state index contributed by atoms with van der Waals surface area (Å²) in [5.74, 6) is 0. The van der Waals surface area contributed by atoms with Crippen LogP contribution in [0.4, 0.5) is 0 Å². The first-order valence-corrected chi connectivity index (χ1v) is 7.66. The van der Waals surface area contributed by atoms with E-state index < -0.39 is 10.1 Å². The molecule has 2 aromatic rings. The van der Waals surface area contributed by atoms with E-state index in [1.807, 2.05) is 25.5 Å². The number of hydrogen-bond donors (Lipinski definition) is 1. The lowest BCUT2D eigenvalue weighted by atomic mass is 10.3. The summed E-state index contributed by atoms with van der Waals surface area (Å²) < 4.78 is 33.8. The molecule has 0 fully saturated rings. The molecule has 0 radical (unpaired) electrons. The van der Waals surface area contributed by atoms with Crippen molar-refractivity contribution in [1.29, 1.82) is 0 Å². The van der Waals surface area contributed by atoms with Crippen LogP contribution in [0.3, 0.4) is 0 Å². The zero-order chi connectivity index (χ0) is 14.2. The van der Waals surface area contributed by atoms with Crippen LogP contribution in [-0.2, 0) is 17.2 Å². The second-order valence-electron chi connectivity index (χ2n) is 4.20. The van der Waals surface area contributed by atoms with Crippen molar-refractivity contribution in [2.24, 2.45) is 17.3 Å². The lowest BCUT2D eigenvalue weighted by Crippen LogP contribution is -2.09. The Morgan fingerprint density at radius 2 is 2.05 bits per heavy atom. The summed E-state index contributed by atoms with van der Waals surface area (Å²) in [6.07, 6.45) is 0. The van der Waals surface area contributed by atoms with E-state index in [0.717, 1.165) is 15.9 Å². The minimum atomic E-state index is -4.18. The average Bonchev–Trinajstić information content (AvgIpc) is 2.62. The van der Waals surface area contributed by atoms with Crippen molar-refractivity contribution >= 4 is 37.4 Å². The Morgan fingerprint density at radius 3 is 2.63 bits per heavy atom. The van der Waals surface area contributed by atoms with Crippen molar-refractivity contribution in [3.8, 4) is 0 Å². The summed E-state index contributed by atoms with van der Waals surface area (Å²) in [6, 6.07) is 4.43. The van der Waals surface area contributed by atoms with Gasteiger partial charge in [-0.15, -0.1) is 5.10 Å². The number of hydrogen-bond acceptors (Lipinski definition) is 5. The van der Waals surface area contributed by atoms with E-state index in [9.17, 15) is 8.42 Å². The summed E-state index contributed by atoms with van der Waals surface area (Å²) in [5, 5.41) is 8.08. The predicted molar refractivity (Wildman–Crippen MR) is 75.0 cm³/mol. The fraction of sp³-hybridized carbons (Fsp3) is 0.273. The third-order valence-electron chi connectivity index (χ3n) is 2.41. The molecule has 0 spiro atoms. The van der Waals surface area contributed by atoms with Gasteiger partial charge < -0.3 is 4.57 Å². The van der Waals surface area contributed by atoms with E-state index in [-0.39, 0.29) is 4.90 Å². The van der Waals surface area contributed by atoms with Gasteiger partial charge in [-0.1, -0.05) is 11.3 Å². The molecule has 0 unspecified atom stereocenters. The number of aromatic nitrogens is 1. The minimum Gasteiger partial charge on any atom is -0.318 e. The molecule has 8 heteroatoms. The highest BCUT2D eigenvalue weighted by Crippen LogP contribution is 2.20. The molecule has 19 heavy (non-hydrogen) atoms. The van der Waals surface area contributed by atoms with Gasteiger partial charge in [0, 0.05) is 12.8 Å². The molecule has 0 atom stereocenters. The topological polar surface area (TPSA) is 84.0 Å². The molecule has 0 saturated carbocycles. The minimum absolute atomic E-state index is 0.122. The van der Waals surface area contributed by atoms with Gasteiger partial charge in [0.15, 0.2) is 0 Å². The largest absolute Gasteiger partial charge is 0.318 e. The lowest BCUT2D eigenvalue weighted by Gasteiger charge is -1.97. The van der Waals surface area contributed by atoms with Crippen LogP contribution in [0.25, 0.3) is 10.2 Å². The maximum atomic E-state index is 11.1. The monoisotopic (exact) mass is 299 g/mol. The summed E-state index contributed by atoms with van der Waals surface area (Å²) in [7, 11) is -2.36. The van der Waals surface area contributed by atoms with Gasteiger partial charge in [-0.05, 0) is 32.0 Å². The predicted octanol–water partition coefficient (Wildman–Crippen LogP) is 1.78. The number of nitrogens with zero attached hydrogens (tertiary/aromatic N) is 3. The molecule has 0 aliphatic carbocycles. The summed E-state index contributed by atoms with van der Waals surface area (Å²) >= 11 is 1.31. The molecule has 102 valence electrons. The van der Waals surface area contributed by atoms with Crippen molar-refractivity contribution in [2.45, 2.75) is 18.7 Å². The molecule has 2 rings (SSSR count). The van der Waals surface area contributed by atoms with Crippen LogP contribution in [0, 0.1) is 0 Å². The number of aryl methyl sites for hydroxylation is 1. The standard InChI is InChI=1S/C11H13N3O3S2/c1-7(2)12-13-11-14(3)9-5-4-8(19(15,16)17)6-10(9)18-11/h4-6H,1-3H3,(H,15,16,17). The van der Waals surface area contributed by atoms with Crippen LogP contribution in [0.2, 0.25) is 0 Å². The maximum absolute atomic E-state index is 11.1. The van der Waals surface area contributed by atoms with Crippen molar-refractivity contribution in [1.82, 2.24) is 4.57 Å². The Hall–Kier alpha value is -1.51. The van der Waals surface area contributed by atoms with E-state index in [4.69, 9.17) is 4.55 Å². The third-order valence-corrected chi connectivity index (χ3v) is 4.35. The van der Waals surface area contributed by atoms with E-state index in [1.54, 1.807) is 6.07 Å². The molecule has 6 nitrogen and oxygen atoms in total. The molecule has 1 heterocycles. The molecule has 0 aliphatic rings. The Kier molecular flexibility index (Phi) is 3.57. The van der Waals surface area contributed by atoms with Gasteiger partial charge in [0.25, 0.3) is 10.1 Å². The van der Waals surface area contributed by atoms with Gasteiger partial charge in [0.2, 0.25) is 4.80 Å². The first-order valence-electron chi connectivity index (χ1n) is 5.41. The van der Waals surface area contributed by atoms with Gasteiger partial charge in [0.05, 0.1) is 15.1 Å². The second kappa shape index (κ2) is 4.87. The summed E-state index contributed by atoms with van der Waals surface area (Å²) in [5.41, 5.74) is 1.66. The van der Waals surface area contributed by atoms with Crippen LogP contribution in [0.5, 0.6) is 0 Å². The molecule has 0 aliphatic heterocycles. The van der Waals surface area contributed by atoms with Crippen molar-refractivity contribution in [2.75, 3.05) is 0 Å². The Labute approximate surface area is 114 Å². The molecular weight excluding hydrogens is 286 g/mol. The molecule has 0 bridgehead atoms. The molecule has 0 amide bonds. The zero-order valence-electron chi connectivity index (χ0n) is 10.7. The van der Waals surface area contributed by atoms with E-state index in [1.165, 1.54) is 23.5 Å². The Bertz CT molecular complexity index is 824. The smallest absolute Gasteiger partial charge is 0.294 e. The SMILES string of the molecule is CC(C)=NN=c1sc2cc(S(=O)(=O)O)ccc2n1C. The van der Waals surface area contributed by atoms with Crippen LogP contribution in [0.15, 0.2) is 33.3 Å². The molecular formula is C11H13N3O3S2. The normalized spacial score (nSPS) is 12.9. The van der Waals surface area contributed by atoms with Crippen LogP contribution < -0.4 is 4.80 Å². The second-order valence-corrected chi connectivity index (χ2v) is 6.63. The molecule has 1 N–H and O–H groups in total. The number of fused-ring (bicyclic) bond motifs is 1. The highest BCUT2D eigenvalue weighted by Gasteiger charge is 2.12. The summed E-state index contributed by atoms with van der Waals surface area (Å²) in [6.45, 7) is 3.68. The van der Waals surface area contributed by atoms with Gasteiger partial charge in [0.1, 0.15) is 0 Å². The molecule has 1 aromatic heterocycles. The average molecular weight is 299 g/mol. The summed E-state index contributed by atoms with van der Waals surface area (Å²) in [4.78, 5) is 0.535. The van der Waals surface area contributed by atoms with E-state index in [0.29, 0.717) is 4.80 Å². The highest BCUT2D eigenvalue weighted by atomic mass is 32.2. The van der Waals surface area contributed by atoms with Gasteiger partial charge in [-0.2, -0.15) is 13.5 Å². The Balaban J connectivity index is 2.71. The fourth-order valence-corrected chi connectivity index (χ4v) is 3.10. The van der Waals surface area contributed by atoms with Gasteiger partial charge in [-0.25, -0.2) is 0 Å². The van der Waals surface area contributed by atoms with Crippen LogP contribution in [0.1, 0.15) is 13.8 Å². The highest BCUT2D eigenvalue weighted by molar-refractivity contribution is 7.85. The van der Waals surface area contributed by atoms with Crippen LogP contribution in [-0.4, -0.2) is 23.2 Å². The lowest BCUT2D eigenvalue weighted by molar-refractivity contribution is 0.483. The first kappa shape index (κ1) is 13.9. The first-order chi connectivity index (χ1) is 8.79. The van der Waals surface area contributed by atoms with E-state index in [2.05, 4.69) is 10.2 Å². The van der Waals surface area contributed by atoms with Crippen LogP contribution >= 0.6 is 11.3 Å².